The van der Waals surface area contributed by atoms with Gasteiger partial charge in [0.15, 0.2) is 5.78 Å². The quantitative estimate of drug-likeness (QED) is 0.401. The van der Waals surface area contributed by atoms with E-state index in [1.807, 2.05) is 41.5 Å². The van der Waals surface area contributed by atoms with Crippen LogP contribution in [-0.4, -0.2) is 47.0 Å². The molecule has 5 nitrogen and oxygen atoms in total. The van der Waals surface area contributed by atoms with E-state index in [-0.39, 0.29) is 24.0 Å². The Hall–Kier alpha value is -2.77. The van der Waals surface area contributed by atoms with E-state index in [1.165, 1.54) is 22.7 Å². The second-order valence-electron chi connectivity index (χ2n) is 7.68. The van der Waals surface area contributed by atoms with Crippen LogP contribution in [-0.2, 0) is 0 Å². The summed E-state index contributed by atoms with van der Waals surface area (Å²) in [6, 6.07) is 11.4. The van der Waals surface area contributed by atoms with Gasteiger partial charge in [0.25, 0.3) is 5.91 Å². The highest BCUT2D eigenvalue weighted by molar-refractivity contribution is 7.16. The van der Waals surface area contributed by atoms with Gasteiger partial charge in [0.2, 0.25) is 0 Å². The maximum atomic E-state index is 12.6. The molecule has 1 amide bonds. The number of aliphatic imine (C=N–C) groups is 1. The van der Waals surface area contributed by atoms with Crippen LogP contribution >= 0.6 is 22.7 Å². The number of thiophene rings is 2. The SMILES string of the molecule is CC(=NCC(=O)c1ccc(C(=O)N2CCCC2)s1)c1csc(-c2ccc(C)cc2)c1O. The van der Waals surface area contributed by atoms with E-state index in [2.05, 4.69) is 4.99 Å². The highest BCUT2D eigenvalue weighted by Crippen LogP contribution is 2.38. The Morgan fingerprint density at radius 2 is 1.74 bits per heavy atom. The highest BCUT2D eigenvalue weighted by atomic mass is 32.1. The summed E-state index contributed by atoms with van der Waals surface area (Å²) in [6.07, 6.45) is 2.08. The molecule has 1 aliphatic rings. The number of likely N-dealkylation sites (tertiary alicyclic amines) is 1. The van der Waals surface area contributed by atoms with Gasteiger partial charge in [-0.3, -0.25) is 14.6 Å². The van der Waals surface area contributed by atoms with E-state index < -0.39 is 0 Å². The van der Waals surface area contributed by atoms with Crippen molar-refractivity contribution in [3.8, 4) is 16.2 Å². The summed E-state index contributed by atoms with van der Waals surface area (Å²) in [5.74, 6) is 0.0727. The van der Waals surface area contributed by atoms with Crippen LogP contribution in [0, 0.1) is 6.92 Å². The Kier molecular flexibility index (Phi) is 6.34. The van der Waals surface area contributed by atoms with Crippen molar-refractivity contribution in [1.29, 1.82) is 0 Å². The maximum Gasteiger partial charge on any atom is 0.263 e. The van der Waals surface area contributed by atoms with Crippen LogP contribution in [0.5, 0.6) is 5.75 Å². The van der Waals surface area contributed by atoms with E-state index in [1.54, 1.807) is 19.1 Å². The molecule has 1 saturated heterocycles. The number of rotatable bonds is 6. The maximum absolute atomic E-state index is 12.6. The third-order valence-electron chi connectivity index (χ3n) is 5.41. The summed E-state index contributed by atoms with van der Waals surface area (Å²) >= 11 is 2.69. The van der Waals surface area contributed by atoms with Crippen molar-refractivity contribution in [1.82, 2.24) is 4.90 Å². The summed E-state index contributed by atoms with van der Waals surface area (Å²) in [5, 5.41) is 12.5. The Morgan fingerprint density at radius 3 is 2.45 bits per heavy atom. The minimum atomic E-state index is -0.127. The largest absolute Gasteiger partial charge is 0.506 e. The van der Waals surface area contributed by atoms with Crippen molar-refractivity contribution in [2.45, 2.75) is 26.7 Å². The summed E-state index contributed by atoms with van der Waals surface area (Å²) in [5.41, 5.74) is 3.38. The van der Waals surface area contributed by atoms with Crippen LogP contribution < -0.4 is 0 Å². The summed E-state index contributed by atoms with van der Waals surface area (Å²) < 4.78 is 0. The minimum absolute atomic E-state index is 0.00747. The van der Waals surface area contributed by atoms with Gasteiger partial charge < -0.3 is 10.0 Å². The number of aromatic hydroxyl groups is 1. The van der Waals surface area contributed by atoms with E-state index in [0.29, 0.717) is 21.0 Å². The van der Waals surface area contributed by atoms with Crippen molar-refractivity contribution < 1.29 is 14.7 Å². The molecule has 1 aromatic carbocycles. The topological polar surface area (TPSA) is 70.0 Å². The molecule has 3 heterocycles. The molecule has 0 bridgehead atoms. The van der Waals surface area contributed by atoms with Crippen LogP contribution in [0.3, 0.4) is 0 Å². The minimum Gasteiger partial charge on any atom is -0.506 e. The van der Waals surface area contributed by atoms with E-state index in [4.69, 9.17) is 0 Å². The smallest absolute Gasteiger partial charge is 0.263 e. The first-order valence-electron chi connectivity index (χ1n) is 10.3. The molecule has 1 N–H and O–H groups in total. The molecular weight excluding hydrogens is 428 g/mol. The Bertz CT molecular complexity index is 1140. The molecule has 1 fully saturated rings. The number of carbonyl (C=O) groups is 2. The standard InChI is InChI=1S/C24H24N2O3S2/c1-15-5-7-17(8-6-15)23-22(28)18(14-30-23)16(2)25-13-19(27)20-9-10-21(31-20)24(29)26-11-3-4-12-26/h5-10,14,28H,3-4,11-13H2,1-2H3. The van der Waals surface area contributed by atoms with Crippen LogP contribution in [0.15, 0.2) is 46.8 Å². The molecule has 31 heavy (non-hydrogen) atoms. The molecule has 3 aromatic rings. The fourth-order valence-electron chi connectivity index (χ4n) is 3.55. The van der Waals surface area contributed by atoms with Gasteiger partial charge >= 0.3 is 0 Å². The van der Waals surface area contributed by atoms with Gasteiger partial charge in [-0.15, -0.1) is 22.7 Å². The lowest BCUT2D eigenvalue weighted by Gasteiger charge is -2.13. The highest BCUT2D eigenvalue weighted by Gasteiger charge is 2.22. The number of hydrogen-bond acceptors (Lipinski definition) is 6. The Balaban J connectivity index is 1.44. The van der Waals surface area contributed by atoms with Gasteiger partial charge in [-0.2, -0.15) is 0 Å². The van der Waals surface area contributed by atoms with Gasteiger partial charge in [-0.25, -0.2) is 0 Å². The lowest BCUT2D eigenvalue weighted by atomic mass is 10.1. The zero-order chi connectivity index (χ0) is 22.0. The van der Waals surface area contributed by atoms with Crippen molar-refractivity contribution in [2.75, 3.05) is 19.6 Å². The molecule has 0 atom stereocenters. The van der Waals surface area contributed by atoms with Gasteiger partial charge in [0.1, 0.15) is 12.3 Å². The van der Waals surface area contributed by atoms with E-state index >= 15 is 0 Å². The van der Waals surface area contributed by atoms with Crippen LogP contribution in [0.4, 0.5) is 0 Å². The first kappa shape index (κ1) is 21.5. The Labute approximate surface area is 189 Å². The second kappa shape index (κ2) is 9.16. The molecular formula is C24H24N2O3S2. The summed E-state index contributed by atoms with van der Waals surface area (Å²) in [6.45, 7) is 5.39. The average Bonchev–Trinajstić information content (AvgIpc) is 3.53. The number of hydrogen-bond donors (Lipinski definition) is 1. The molecule has 0 saturated carbocycles. The lowest BCUT2D eigenvalue weighted by molar-refractivity contribution is 0.0797. The van der Waals surface area contributed by atoms with Gasteiger partial charge in [0.05, 0.1) is 14.6 Å². The molecule has 2 aromatic heterocycles. The molecule has 0 aliphatic carbocycles. The van der Waals surface area contributed by atoms with Crippen molar-refractivity contribution in [3.05, 3.63) is 62.7 Å². The number of carbonyl (C=O) groups excluding carboxylic acids is 2. The summed E-state index contributed by atoms with van der Waals surface area (Å²) in [4.78, 5) is 33.3. The lowest BCUT2D eigenvalue weighted by Crippen LogP contribution is -2.26. The average molecular weight is 453 g/mol. The van der Waals surface area contributed by atoms with Crippen molar-refractivity contribution >= 4 is 40.1 Å². The van der Waals surface area contributed by atoms with Crippen molar-refractivity contribution in [3.63, 3.8) is 0 Å². The zero-order valence-corrected chi connectivity index (χ0v) is 19.2. The number of ketones is 1. The molecule has 0 spiro atoms. The fourth-order valence-corrected chi connectivity index (χ4v) is 5.47. The van der Waals surface area contributed by atoms with Crippen molar-refractivity contribution in [2.24, 2.45) is 4.99 Å². The van der Waals surface area contributed by atoms with Crippen LogP contribution in [0.2, 0.25) is 0 Å². The monoisotopic (exact) mass is 452 g/mol. The predicted molar refractivity (Wildman–Crippen MR) is 127 cm³/mol. The molecule has 0 radical (unpaired) electrons. The predicted octanol–water partition coefficient (Wildman–Crippen LogP) is 5.42. The fraction of sp³-hybridized carbons (Fsp3) is 0.292. The molecule has 160 valence electrons. The number of nitrogens with zero attached hydrogens (tertiary/aromatic N) is 2. The van der Waals surface area contributed by atoms with E-state index in [0.717, 1.165) is 41.9 Å². The molecule has 4 rings (SSSR count). The third kappa shape index (κ3) is 4.62. The first-order valence-corrected chi connectivity index (χ1v) is 11.9. The van der Waals surface area contributed by atoms with Gasteiger partial charge in [0, 0.05) is 29.7 Å². The van der Waals surface area contributed by atoms with Crippen LogP contribution in [0.25, 0.3) is 10.4 Å². The number of aryl methyl sites for hydroxylation is 1. The summed E-state index contributed by atoms with van der Waals surface area (Å²) in [7, 11) is 0. The number of amides is 1. The Morgan fingerprint density at radius 1 is 1.06 bits per heavy atom. The third-order valence-corrected chi connectivity index (χ3v) is 7.55. The normalized spacial score (nSPS) is 14.3. The number of benzene rings is 1. The molecule has 7 heteroatoms. The molecule has 1 aliphatic heterocycles. The van der Waals surface area contributed by atoms with Gasteiger partial charge in [-0.1, -0.05) is 29.8 Å². The van der Waals surface area contributed by atoms with Crippen LogP contribution in [0.1, 0.15) is 50.2 Å². The number of Topliss-reactive ketones (excluding diaryl/α,β-unsaturated/α-hetero) is 1. The molecule has 0 unspecified atom stereocenters. The van der Waals surface area contributed by atoms with E-state index in [9.17, 15) is 14.7 Å². The first-order chi connectivity index (χ1) is 14.9. The zero-order valence-electron chi connectivity index (χ0n) is 17.6. The van der Waals surface area contributed by atoms with Gasteiger partial charge in [-0.05, 0) is 44.4 Å². The second-order valence-corrected chi connectivity index (χ2v) is 9.64.